The Labute approximate surface area is 145 Å². The van der Waals surface area contributed by atoms with Crippen LogP contribution in [0.4, 0.5) is 0 Å². The van der Waals surface area contributed by atoms with Crippen molar-refractivity contribution >= 4 is 16.9 Å². The van der Waals surface area contributed by atoms with Crippen LogP contribution in [0.2, 0.25) is 0 Å². The first kappa shape index (κ1) is 17.3. The number of rotatable bonds is 5. The Morgan fingerprint density at radius 2 is 1.96 bits per heavy atom. The number of aryl methyl sites for hydroxylation is 1. The molecule has 3 rings (SSSR count). The number of carbonyl (C=O) groups excluding carboxylic acids is 1. The van der Waals surface area contributed by atoms with Crippen molar-refractivity contribution in [1.29, 1.82) is 0 Å². The second-order valence-electron chi connectivity index (χ2n) is 6.04. The lowest BCUT2D eigenvalue weighted by molar-refractivity contribution is -0.150. The molecule has 1 aromatic heterocycles. The lowest BCUT2D eigenvalue weighted by Gasteiger charge is -2.20. The number of carbonyl (C=O) groups is 1. The lowest BCUT2D eigenvalue weighted by Crippen LogP contribution is -2.26. The van der Waals surface area contributed by atoms with Crippen molar-refractivity contribution in [2.45, 2.75) is 45.6 Å². The van der Waals surface area contributed by atoms with E-state index in [0.29, 0.717) is 11.3 Å². The third-order valence-corrected chi connectivity index (χ3v) is 4.44. The van der Waals surface area contributed by atoms with Gasteiger partial charge in [0.25, 0.3) is 0 Å². The van der Waals surface area contributed by atoms with Crippen molar-refractivity contribution in [1.82, 2.24) is 0 Å². The summed E-state index contributed by atoms with van der Waals surface area (Å²) in [5, 5.41) is 0.834. The summed E-state index contributed by atoms with van der Waals surface area (Å²) in [7, 11) is 1.50. The van der Waals surface area contributed by atoms with E-state index in [9.17, 15) is 9.59 Å². The van der Waals surface area contributed by atoms with E-state index in [4.69, 9.17) is 18.6 Å². The highest BCUT2D eigenvalue weighted by molar-refractivity contribution is 5.89. The van der Waals surface area contributed by atoms with Gasteiger partial charge in [0.15, 0.2) is 17.4 Å². The van der Waals surface area contributed by atoms with Crippen LogP contribution in [-0.2, 0) is 22.4 Å². The molecule has 0 N–H and O–H groups in total. The van der Waals surface area contributed by atoms with Gasteiger partial charge in [-0.15, -0.1) is 0 Å². The van der Waals surface area contributed by atoms with Gasteiger partial charge in [-0.05, 0) is 57.2 Å². The molecule has 0 radical (unpaired) electrons. The van der Waals surface area contributed by atoms with Crippen molar-refractivity contribution in [2.75, 3.05) is 13.7 Å². The highest BCUT2D eigenvalue weighted by atomic mass is 16.6. The maximum atomic E-state index is 12.4. The Morgan fingerprint density at radius 1 is 1.24 bits per heavy atom. The fourth-order valence-electron chi connectivity index (χ4n) is 3.22. The van der Waals surface area contributed by atoms with Gasteiger partial charge in [-0.2, -0.15) is 0 Å². The molecule has 6 nitrogen and oxygen atoms in total. The van der Waals surface area contributed by atoms with Gasteiger partial charge in [-0.25, -0.2) is 9.59 Å². The quantitative estimate of drug-likeness (QED) is 0.612. The minimum absolute atomic E-state index is 0.256. The molecule has 134 valence electrons. The SMILES string of the molecule is CCOC(=O)C(C)Oc1c(OC)ccc2c3c(c(=O)oc12)CCCC3. The molecule has 1 atom stereocenters. The van der Waals surface area contributed by atoms with Gasteiger partial charge in [0.05, 0.1) is 13.7 Å². The summed E-state index contributed by atoms with van der Waals surface area (Å²) in [6, 6.07) is 3.65. The Balaban J connectivity index is 2.14. The lowest BCUT2D eigenvalue weighted by atomic mass is 9.90. The molecule has 1 aliphatic rings. The molecule has 1 aliphatic carbocycles. The van der Waals surface area contributed by atoms with E-state index in [1.165, 1.54) is 7.11 Å². The molecule has 0 amide bonds. The van der Waals surface area contributed by atoms with Crippen LogP contribution in [0.15, 0.2) is 21.3 Å². The molecule has 0 fully saturated rings. The van der Waals surface area contributed by atoms with Crippen LogP contribution < -0.4 is 15.1 Å². The number of methoxy groups -OCH3 is 1. The molecule has 0 bridgehead atoms. The molecular weight excluding hydrogens is 324 g/mol. The summed E-state index contributed by atoms with van der Waals surface area (Å²) in [6.07, 6.45) is 2.74. The zero-order valence-corrected chi connectivity index (χ0v) is 14.7. The first-order valence-corrected chi connectivity index (χ1v) is 8.55. The predicted octanol–water partition coefficient (Wildman–Crippen LogP) is 3.01. The Bertz CT molecular complexity index is 851. The standard InChI is InChI=1S/C19H22O6/c1-4-23-18(20)11(2)24-17-15(22-3)10-9-13-12-7-5-6-8-14(12)19(21)25-16(13)17/h9-11H,4-8H2,1-3H3. The van der Waals surface area contributed by atoms with Crippen LogP contribution in [-0.4, -0.2) is 25.8 Å². The van der Waals surface area contributed by atoms with E-state index in [1.54, 1.807) is 19.9 Å². The van der Waals surface area contributed by atoms with E-state index >= 15 is 0 Å². The Morgan fingerprint density at radius 3 is 2.64 bits per heavy atom. The monoisotopic (exact) mass is 346 g/mol. The average molecular weight is 346 g/mol. The van der Waals surface area contributed by atoms with Gasteiger partial charge in [0, 0.05) is 10.9 Å². The Hall–Kier alpha value is -2.50. The number of ether oxygens (including phenoxy) is 3. The molecule has 25 heavy (non-hydrogen) atoms. The van der Waals surface area contributed by atoms with Crippen LogP contribution in [0.3, 0.4) is 0 Å². The summed E-state index contributed by atoms with van der Waals surface area (Å²) >= 11 is 0. The highest BCUT2D eigenvalue weighted by Gasteiger charge is 2.25. The zero-order valence-electron chi connectivity index (χ0n) is 14.7. The van der Waals surface area contributed by atoms with Crippen molar-refractivity contribution in [3.8, 4) is 11.5 Å². The molecule has 1 unspecified atom stereocenters. The third-order valence-electron chi connectivity index (χ3n) is 4.44. The molecule has 0 spiro atoms. The molecule has 0 aliphatic heterocycles. The molecule has 0 saturated heterocycles. The minimum atomic E-state index is -0.846. The molecule has 2 aromatic rings. The summed E-state index contributed by atoms with van der Waals surface area (Å²) < 4.78 is 21.7. The number of hydrogen-bond acceptors (Lipinski definition) is 6. The maximum Gasteiger partial charge on any atom is 0.347 e. The molecular formula is C19H22O6. The van der Waals surface area contributed by atoms with E-state index in [0.717, 1.165) is 42.2 Å². The maximum absolute atomic E-state index is 12.4. The normalized spacial score (nSPS) is 14.7. The van der Waals surface area contributed by atoms with E-state index in [-0.39, 0.29) is 18.0 Å². The first-order valence-electron chi connectivity index (χ1n) is 8.55. The minimum Gasteiger partial charge on any atom is -0.493 e. The highest BCUT2D eigenvalue weighted by Crippen LogP contribution is 2.39. The summed E-state index contributed by atoms with van der Waals surface area (Å²) in [5.74, 6) is 0.176. The summed E-state index contributed by atoms with van der Waals surface area (Å²) in [5.41, 5.74) is 1.73. The van der Waals surface area contributed by atoms with Crippen LogP contribution >= 0.6 is 0 Å². The van der Waals surface area contributed by atoms with Crippen molar-refractivity contribution in [3.05, 3.63) is 33.7 Å². The van der Waals surface area contributed by atoms with E-state index in [1.807, 2.05) is 6.07 Å². The van der Waals surface area contributed by atoms with Crippen molar-refractivity contribution in [2.24, 2.45) is 0 Å². The third kappa shape index (κ3) is 3.21. The van der Waals surface area contributed by atoms with Gasteiger partial charge >= 0.3 is 11.6 Å². The van der Waals surface area contributed by atoms with Gasteiger partial charge < -0.3 is 18.6 Å². The average Bonchev–Trinajstić information content (AvgIpc) is 2.62. The van der Waals surface area contributed by atoms with Gasteiger partial charge in [-0.1, -0.05) is 0 Å². The number of hydrogen-bond donors (Lipinski definition) is 0. The van der Waals surface area contributed by atoms with Gasteiger partial charge in [0.2, 0.25) is 5.75 Å². The topological polar surface area (TPSA) is 75.0 Å². The fourth-order valence-corrected chi connectivity index (χ4v) is 3.22. The molecule has 6 heteroatoms. The smallest absolute Gasteiger partial charge is 0.347 e. The van der Waals surface area contributed by atoms with Gasteiger partial charge in [-0.3, -0.25) is 0 Å². The molecule has 1 heterocycles. The van der Waals surface area contributed by atoms with E-state index < -0.39 is 12.1 Å². The zero-order chi connectivity index (χ0) is 18.0. The van der Waals surface area contributed by atoms with Crippen molar-refractivity contribution < 1.29 is 23.4 Å². The first-order chi connectivity index (χ1) is 12.1. The van der Waals surface area contributed by atoms with Crippen LogP contribution in [0, 0.1) is 0 Å². The van der Waals surface area contributed by atoms with Crippen molar-refractivity contribution in [3.63, 3.8) is 0 Å². The number of esters is 1. The molecule has 1 aromatic carbocycles. The summed E-state index contributed by atoms with van der Waals surface area (Å²) in [6.45, 7) is 3.59. The van der Waals surface area contributed by atoms with Gasteiger partial charge in [0.1, 0.15) is 0 Å². The predicted molar refractivity (Wildman–Crippen MR) is 92.4 cm³/mol. The van der Waals surface area contributed by atoms with E-state index in [2.05, 4.69) is 0 Å². The number of benzene rings is 1. The second kappa shape index (κ2) is 7.17. The molecule has 0 saturated carbocycles. The number of fused-ring (bicyclic) bond motifs is 3. The van der Waals surface area contributed by atoms with Crippen LogP contribution in [0.25, 0.3) is 11.0 Å². The second-order valence-corrected chi connectivity index (χ2v) is 6.04. The Kier molecular flexibility index (Phi) is 4.97. The summed E-state index contributed by atoms with van der Waals surface area (Å²) in [4.78, 5) is 24.3. The largest absolute Gasteiger partial charge is 0.493 e. The van der Waals surface area contributed by atoms with Crippen LogP contribution in [0.1, 0.15) is 37.8 Å². The van der Waals surface area contributed by atoms with Crippen LogP contribution in [0.5, 0.6) is 11.5 Å². The fraction of sp³-hybridized carbons (Fsp3) is 0.474.